The second kappa shape index (κ2) is 5.52. The second-order valence-corrected chi connectivity index (χ2v) is 5.14. The number of nitrogens with one attached hydrogen (secondary N) is 1. The van der Waals surface area contributed by atoms with Gasteiger partial charge in [0, 0.05) is 11.8 Å². The molecule has 0 bridgehead atoms. The van der Waals surface area contributed by atoms with Crippen LogP contribution in [0.3, 0.4) is 0 Å². The summed E-state index contributed by atoms with van der Waals surface area (Å²) in [5.74, 6) is -2.25. The molecule has 0 spiro atoms. The molecule has 1 unspecified atom stereocenters. The van der Waals surface area contributed by atoms with E-state index in [4.69, 9.17) is 5.73 Å². The van der Waals surface area contributed by atoms with Crippen LogP contribution in [0.15, 0.2) is 42.5 Å². The molecule has 0 heterocycles. The van der Waals surface area contributed by atoms with Gasteiger partial charge in [-0.2, -0.15) is 0 Å². The molecule has 1 amide bonds. The average Bonchev–Trinajstić information content (AvgIpc) is 2.40. The van der Waals surface area contributed by atoms with Crippen LogP contribution in [0.25, 0.3) is 0 Å². The summed E-state index contributed by atoms with van der Waals surface area (Å²) >= 11 is 0. The molecule has 110 valence electrons. The molecule has 2 rings (SSSR count). The zero-order valence-electron chi connectivity index (χ0n) is 11.8. The topological polar surface area (TPSA) is 55.1 Å². The monoisotopic (exact) mass is 290 g/mol. The number of rotatable bonds is 4. The lowest BCUT2D eigenvalue weighted by atomic mass is 9.90. The van der Waals surface area contributed by atoms with Crippen molar-refractivity contribution in [2.75, 3.05) is 5.32 Å². The van der Waals surface area contributed by atoms with Crippen molar-refractivity contribution >= 4 is 11.6 Å². The summed E-state index contributed by atoms with van der Waals surface area (Å²) in [5, 5.41) is 2.94. The smallest absolute Gasteiger partial charge is 0.247 e. The van der Waals surface area contributed by atoms with Gasteiger partial charge in [0.2, 0.25) is 5.91 Å². The van der Waals surface area contributed by atoms with Gasteiger partial charge in [0.1, 0.15) is 17.2 Å². The Morgan fingerprint density at radius 2 is 1.62 bits per heavy atom. The van der Waals surface area contributed by atoms with E-state index in [0.717, 1.165) is 23.8 Å². The molecule has 3 nitrogen and oxygen atoms in total. The Labute approximate surface area is 121 Å². The van der Waals surface area contributed by atoms with Crippen molar-refractivity contribution in [3.8, 4) is 0 Å². The number of benzene rings is 2. The number of halogens is 2. The van der Waals surface area contributed by atoms with E-state index in [2.05, 4.69) is 5.32 Å². The summed E-state index contributed by atoms with van der Waals surface area (Å²) in [7, 11) is 0. The summed E-state index contributed by atoms with van der Waals surface area (Å²) in [6, 6.07) is 10.2. The predicted molar refractivity (Wildman–Crippen MR) is 77.7 cm³/mol. The molecular weight excluding hydrogens is 274 g/mol. The number of anilines is 1. The Morgan fingerprint density at radius 1 is 1.10 bits per heavy atom. The summed E-state index contributed by atoms with van der Waals surface area (Å²) in [6.45, 7) is 3.42. The fraction of sp³-hybridized carbons (Fsp3) is 0.188. The first kappa shape index (κ1) is 15.0. The molecule has 0 aliphatic carbocycles. The van der Waals surface area contributed by atoms with Crippen molar-refractivity contribution in [2.24, 2.45) is 5.73 Å². The highest BCUT2D eigenvalue weighted by Gasteiger charge is 2.34. The van der Waals surface area contributed by atoms with Crippen LogP contribution < -0.4 is 11.1 Å². The lowest BCUT2D eigenvalue weighted by Crippen LogP contribution is -2.45. The van der Waals surface area contributed by atoms with Crippen molar-refractivity contribution in [2.45, 2.75) is 19.4 Å². The summed E-state index contributed by atoms with van der Waals surface area (Å²) in [5.41, 5.74) is 5.83. The molecule has 0 saturated carbocycles. The minimum absolute atomic E-state index is 0.132. The van der Waals surface area contributed by atoms with Gasteiger partial charge in [0.15, 0.2) is 0 Å². The fourth-order valence-corrected chi connectivity index (χ4v) is 2.04. The van der Waals surface area contributed by atoms with Gasteiger partial charge in [-0.25, -0.2) is 8.78 Å². The van der Waals surface area contributed by atoms with E-state index >= 15 is 0 Å². The van der Waals surface area contributed by atoms with E-state index in [1.54, 1.807) is 12.1 Å². The normalized spacial score (nSPS) is 13.5. The van der Waals surface area contributed by atoms with Crippen LogP contribution in [0.1, 0.15) is 18.1 Å². The highest BCUT2D eigenvalue weighted by molar-refractivity contribution is 5.89. The molecule has 2 aromatic carbocycles. The minimum atomic E-state index is -1.42. The third-order valence-electron chi connectivity index (χ3n) is 3.38. The van der Waals surface area contributed by atoms with Crippen LogP contribution >= 0.6 is 0 Å². The maximum Gasteiger partial charge on any atom is 0.247 e. The van der Waals surface area contributed by atoms with Crippen LogP contribution in [0.5, 0.6) is 0 Å². The first-order valence-electron chi connectivity index (χ1n) is 6.42. The lowest BCUT2D eigenvalue weighted by molar-refractivity contribution is -0.122. The number of carbonyl (C=O) groups is 1. The molecule has 0 radical (unpaired) electrons. The molecule has 2 aromatic rings. The standard InChI is InChI=1S/C16H16F2N2O/c1-10-3-5-14(6-4-10)20-16(2,15(19)21)11-7-12(17)9-13(18)8-11/h3-9,20H,1-2H3,(H2,19,21). The van der Waals surface area contributed by atoms with Gasteiger partial charge in [-0.3, -0.25) is 4.79 Å². The van der Waals surface area contributed by atoms with Crippen molar-refractivity contribution < 1.29 is 13.6 Å². The Hall–Kier alpha value is -2.43. The maximum absolute atomic E-state index is 13.4. The van der Waals surface area contributed by atoms with E-state index < -0.39 is 23.1 Å². The van der Waals surface area contributed by atoms with Crippen LogP contribution in [0.4, 0.5) is 14.5 Å². The van der Waals surface area contributed by atoms with Crippen LogP contribution in [-0.4, -0.2) is 5.91 Å². The van der Waals surface area contributed by atoms with Gasteiger partial charge in [-0.15, -0.1) is 0 Å². The van der Waals surface area contributed by atoms with Crippen molar-refractivity contribution in [1.29, 1.82) is 0 Å². The number of hydrogen-bond donors (Lipinski definition) is 2. The zero-order valence-corrected chi connectivity index (χ0v) is 11.8. The molecular formula is C16H16F2N2O. The summed E-state index contributed by atoms with van der Waals surface area (Å²) in [6.07, 6.45) is 0. The molecule has 3 N–H and O–H groups in total. The van der Waals surface area contributed by atoms with Gasteiger partial charge in [-0.1, -0.05) is 17.7 Å². The van der Waals surface area contributed by atoms with E-state index in [0.29, 0.717) is 5.69 Å². The SMILES string of the molecule is Cc1ccc(NC(C)(C(N)=O)c2cc(F)cc(F)c2)cc1. The number of primary amides is 1. The number of aryl methyl sites for hydroxylation is 1. The molecule has 0 aromatic heterocycles. The van der Waals surface area contributed by atoms with Crippen LogP contribution in [0.2, 0.25) is 0 Å². The molecule has 0 fully saturated rings. The Balaban J connectivity index is 2.44. The van der Waals surface area contributed by atoms with Gasteiger partial charge in [0.25, 0.3) is 0 Å². The second-order valence-electron chi connectivity index (χ2n) is 5.14. The third-order valence-corrected chi connectivity index (χ3v) is 3.38. The molecule has 5 heteroatoms. The molecule has 21 heavy (non-hydrogen) atoms. The van der Waals surface area contributed by atoms with Crippen LogP contribution in [-0.2, 0) is 10.3 Å². The highest BCUT2D eigenvalue weighted by atomic mass is 19.1. The van der Waals surface area contributed by atoms with E-state index in [1.807, 2.05) is 19.1 Å². The van der Waals surface area contributed by atoms with Gasteiger partial charge < -0.3 is 11.1 Å². The Bertz CT molecular complexity index is 650. The maximum atomic E-state index is 13.4. The number of hydrogen-bond acceptors (Lipinski definition) is 2. The largest absolute Gasteiger partial charge is 0.368 e. The third kappa shape index (κ3) is 3.18. The lowest BCUT2D eigenvalue weighted by Gasteiger charge is -2.29. The van der Waals surface area contributed by atoms with E-state index in [-0.39, 0.29) is 5.56 Å². The quantitative estimate of drug-likeness (QED) is 0.909. The Kier molecular flexibility index (Phi) is 3.93. The molecule has 1 atom stereocenters. The van der Waals surface area contributed by atoms with E-state index in [1.165, 1.54) is 6.92 Å². The van der Waals surface area contributed by atoms with Gasteiger partial charge in [0.05, 0.1) is 0 Å². The fourth-order valence-electron chi connectivity index (χ4n) is 2.04. The van der Waals surface area contributed by atoms with Gasteiger partial charge >= 0.3 is 0 Å². The summed E-state index contributed by atoms with van der Waals surface area (Å²) in [4.78, 5) is 11.8. The number of carbonyl (C=O) groups excluding carboxylic acids is 1. The van der Waals surface area contributed by atoms with Crippen molar-refractivity contribution in [3.63, 3.8) is 0 Å². The number of nitrogens with two attached hydrogens (primary N) is 1. The van der Waals surface area contributed by atoms with E-state index in [9.17, 15) is 13.6 Å². The highest BCUT2D eigenvalue weighted by Crippen LogP contribution is 2.27. The average molecular weight is 290 g/mol. The molecule has 0 aliphatic heterocycles. The predicted octanol–water partition coefficient (Wildman–Crippen LogP) is 3.09. The van der Waals surface area contributed by atoms with Gasteiger partial charge in [-0.05, 0) is 43.7 Å². The first-order valence-corrected chi connectivity index (χ1v) is 6.42. The first-order chi connectivity index (χ1) is 9.81. The molecule has 0 aliphatic rings. The van der Waals surface area contributed by atoms with Crippen molar-refractivity contribution in [3.05, 3.63) is 65.2 Å². The molecule has 0 saturated heterocycles. The number of amides is 1. The Morgan fingerprint density at radius 3 is 2.10 bits per heavy atom. The van der Waals surface area contributed by atoms with Crippen molar-refractivity contribution in [1.82, 2.24) is 0 Å². The van der Waals surface area contributed by atoms with Crippen LogP contribution in [0, 0.1) is 18.6 Å². The minimum Gasteiger partial charge on any atom is -0.368 e. The summed E-state index contributed by atoms with van der Waals surface area (Å²) < 4.78 is 26.8. The zero-order chi connectivity index (χ0) is 15.6.